The van der Waals surface area contributed by atoms with E-state index >= 15 is 0 Å². The van der Waals surface area contributed by atoms with Crippen LogP contribution in [0.4, 0.5) is 5.69 Å². The van der Waals surface area contributed by atoms with Gasteiger partial charge in [-0.3, -0.25) is 19.2 Å². The second kappa shape index (κ2) is 31.2. The summed E-state index contributed by atoms with van der Waals surface area (Å²) in [5.74, 6) is -0.570. The summed E-state index contributed by atoms with van der Waals surface area (Å²) in [6.45, 7) is 4.93. The fourth-order valence-electron chi connectivity index (χ4n) is 8.49. The number of benzene rings is 4. The van der Waals surface area contributed by atoms with Crippen molar-refractivity contribution < 1.29 is 66.6 Å². The van der Waals surface area contributed by atoms with Gasteiger partial charge in [-0.1, -0.05) is 97.1 Å². The number of nitrogens with zero attached hydrogens (tertiary/aromatic N) is 4. The average molecular weight is 1130 g/mol. The number of rotatable bonds is 34. The van der Waals surface area contributed by atoms with Crippen LogP contribution in [0.3, 0.4) is 0 Å². The lowest BCUT2D eigenvalue weighted by molar-refractivity contribution is -0.201. The third-order valence-corrected chi connectivity index (χ3v) is 13.2. The molecule has 4 N–H and O–H groups in total. The minimum atomic E-state index is -3.88. The Balaban J connectivity index is 0.736. The van der Waals surface area contributed by atoms with Crippen LogP contribution < -0.4 is 30.6 Å². The molecule has 4 aromatic carbocycles. The number of nitrogens with one attached hydrogen (secondary N) is 2. The van der Waals surface area contributed by atoms with E-state index < -0.39 is 6.72 Å². The fourth-order valence-corrected chi connectivity index (χ4v) is 9.07. The van der Waals surface area contributed by atoms with Crippen molar-refractivity contribution in [2.24, 2.45) is 0 Å². The summed E-state index contributed by atoms with van der Waals surface area (Å²) >= 11 is 4.34. The highest BCUT2D eigenvalue weighted by Gasteiger charge is 2.29. The number of phenols is 1. The third-order valence-electron chi connectivity index (χ3n) is 12.4. The van der Waals surface area contributed by atoms with Crippen molar-refractivity contribution in [2.45, 2.75) is 51.6 Å². The molecular formula is C56H66N6O15PS-. The number of phenolic OH excluding ortho intramolecular Hbond substituents is 1. The number of aromatic nitrogens is 3. The molecule has 0 spiro atoms. The van der Waals surface area contributed by atoms with Gasteiger partial charge in [0.25, 0.3) is 5.91 Å². The van der Waals surface area contributed by atoms with E-state index in [1.807, 2.05) is 48.5 Å². The molecule has 7 rings (SSSR count). The predicted octanol–water partition coefficient (Wildman–Crippen LogP) is 6.07. The summed E-state index contributed by atoms with van der Waals surface area (Å²) in [5.41, 5.74) is 5.46. The van der Waals surface area contributed by atoms with E-state index in [1.54, 1.807) is 33.8 Å². The molecule has 2 aromatic heterocycles. The molecule has 1 unspecified atom stereocenters. The zero-order valence-corrected chi connectivity index (χ0v) is 45.6. The molecule has 21 nitrogen and oxygen atoms in total. The predicted molar refractivity (Wildman–Crippen MR) is 297 cm³/mol. The Morgan fingerprint density at radius 3 is 2.14 bits per heavy atom. The van der Waals surface area contributed by atoms with E-state index in [-0.39, 0.29) is 97.1 Å². The van der Waals surface area contributed by atoms with Crippen molar-refractivity contribution >= 4 is 52.9 Å². The highest BCUT2D eigenvalue weighted by atomic mass is 32.5. The summed E-state index contributed by atoms with van der Waals surface area (Å²) in [6, 6.07) is 26.2. The topological polar surface area (TPSA) is 268 Å². The number of para-hydroxylation sites is 1. The van der Waals surface area contributed by atoms with Crippen molar-refractivity contribution in [3.63, 3.8) is 0 Å². The Bertz CT molecular complexity index is 3080. The third kappa shape index (κ3) is 18.2. The largest absolute Gasteiger partial charge is 0.780 e. The number of amides is 3. The zero-order valence-electron chi connectivity index (χ0n) is 43.8. The number of anilines is 1. The summed E-state index contributed by atoms with van der Waals surface area (Å²) in [4.78, 5) is 74.2. The number of aromatic hydroxyl groups is 1. The maximum Gasteiger partial charge on any atom is 0.251 e. The quantitative estimate of drug-likeness (QED) is 0.0203. The van der Waals surface area contributed by atoms with Crippen LogP contribution in [0.1, 0.15) is 54.4 Å². The Morgan fingerprint density at radius 1 is 0.772 bits per heavy atom. The minimum Gasteiger partial charge on any atom is -0.780 e. The standard InChI is InChI=1S/C56H67N6O15PS/c1-2-26-75-55-47(63)20-19-45-48(64)38-49(77-54(45)55)40-15-17-41(18-16-40)56(67)58-24-28-70-30-32-72-34-36-74-37-35-73-33-31-71-29-25-62-53-44-13-7-8-14-46(44)61(39-42-11-5-6-12-43(42)52(53)59-60-62)51(66)22-21-50(65)57-23-9-3-4-10-27-76-78(68,69)79/h2,5-8,11-20,38,63H,1,3-4,9-10,21-37,39H2,(H,57,65)(H,58,67)(H2,68,69,79)/p-1. The zero-order chi connectivity index (χ0) is 55.8. The molecule has 23 heteroatoms. The van der Waals surface area contributed by atoms with Gasteiger partial charge in [-0.2, -0.15) is 0 Å². The number of carbonyl (C=O) groups is 3. The number of hydrogen-bond donors (Lipinski definition) is 4. The van der Waals surface area contributed by atoms with Crippen LogP contribution in [0.2, 0.25) is 0 Å². The van der Waals surface area contributed by atoms with Crippen LogP contribution in [-0.2, 0) is 62.7 Å². The average Bonchev–Trinajstić information content (AvgIpc) is 4.14. The van der Waals surface area contributed by atoms with Gasteiger partial charge in [-0.05, 0) is 48.7 Å². The molecule has 1 aliphatic rings. The molecule has 1 aliphatic heterocycles. The molecule has 79 heavy (non-hydrogen) atoms. The van der Waals surface area contributed by atoms with E-state index in [2.05, 4.69) is 39.3 Å². The van der Waals surface area contributed by atoms with Gasteiger partial charge in [-0.25, -0.2) is 4.68 Å². The Morgan fingerprint density at radius 2 is 1.43 bits per heavy atom. The van der Waals surface area contributed by atoms with Gasteiger partial charge in [0.1, 0.15) is 24.8 Å². The van der Waals surface area contributed by atoms with E-state index in [4.69, 9.17) is 42.3 Å². The normalized spacial score (nSPS) is 12.7. The van der Waals surface area contributed by atoms with Gasteiger partial charge in [0.15, 0.2) is 16.8 Å². The van der Waals surface area contributed by atoms with Crippen molar-refractivity contribution in [2.75, 3.05) is 97.3 Å². The lowest BCUT2D eigenvalue weighted by Crippen LogP contribution is -2.33. The Labute approximate surface area is 462 Å². The van der Waals surface area contributed by atoms with Gasteiger partial charge in [0, 0.05) is 54.3 Å². The first kappa shape index (κ1) is 60.0. The van der Waals surface area contributed by atoms with Crippen LogP contribution >= 0.6 is 6.72 Å². The maximum absolute atomic E-state index is 14.0. The monoisotopic (exact) mass is 1130 g/mol. The number of carbonyl (C=O) groups excluding carboxylic acids is 3. The minimum absolute atomic E-state index is 0.0126. The van der Waals surface area contributed by atoms with Gasteiger partial charge < -0.3 is 67.8 Å². The first-order valence-corrected chi connectivity index (χ1v) is 28.7. The molecule has 0 radical (unpaired) electrons. The summed E-state index contributed by atoms with van der Waals surface area (Å²) in [6.07, 6.45) is 4.43. The Kier molecular flexibility index (Phi) is 23.7. The number of fused-ring (bicyclic) bond motifs is 6. The van der Waals surface area contributed by atoms with Crippen LogP contribution in [0.5, 0.6) is 11.5 Å². The van der Waals surface area contributed by atoms with Gasteiger partial charge in [0.05, 0.1) is 103 Å². The number of hydrogen-bond acceptors (Lipinski definition) is 17. The fraction of sp³-hybridized carbons (Fsp3) is 0.393. The molecule has 0 fully saturated rings. The smallest absolute Gasteiger partial charge is 0.251 e. The molecular weight excluding hydrogens is 1060 g/mol. The molecule has 0 bridgehead atoms. The summed E-state index contributed by atoms with van der Waals surface area (Å²) < 4.78 is 46.4. The molecule has 0 saturated carbocycles. The first-order chi connectivity index (χ1) is 38.4. The second-order valence-electron chi connectivity index (χ2n) is 18.0. The van der Waals surface area contributed by atoms with Crippen LogP contribution in [0.25, 0.3) is 44.8 Å². The van der Waals surface area contributed by atoms with Gasteiger partial charge >= 0.3 is 0 Å². The maximum atomic E-state index is 14.0. The molecule has 6 aromatic rings. The van der Waals surface area contributed by atoms with Crippen molar-refractivity contribution in [1.82, 2.24) is 25.6 Å². The highest BCUT2D eigenvalue weighted by Crippen LogP contribution is 2.41. The molecule has 0 saturated heterocycles. The summed E-state index contributed by atoms with van der Waals surface area (Å²) in [7, 11) is 0. The lowest BCUT2D eigenvalue weighted by atomic mass is 9.95. The lowest BCUT2D eigenvalue weighted by Gasteiger charge is -2.28. The number of unbranched alkanes of at least 4 members (excludes halogenated alkanes) is 3. The second-order valence-corrected chi connectivity index (χ2v) is 20.6. The van der Waals surface area contributed by atoms with E-state index in [9.17, 15) is 29.2 Å². The first-order valence-electron chi connectivity index (χ1n) is 26.1. The molecule has 422 valence electrons. The number of ether oxygens (including phenoxy) is 6. The van der Waals surface area contributed by atoms with Crippen LogP contribution in [0.15, 0.2) is 113 Å². The van der Waals surface area contributed by atoms with Gasteiger partial charge in [-0.15, -0.1) is 5.10 Å². The van der Waals surface area contributed by atoms with E-state index in [0.717, 1.165) is 41.6 Å². The van der Waals surface area contributed by atoms with E-state index in [1.165, 1.54) is 24.3 Å². The van der Waals surface area contributed by atoms with Gasteiger partial charge in [0.2, 0.25) is 17.6 Å². The van der Waals surface area contributed by atoms with Crippen LogP contribution in [0, 0.1) is 0 Å². The molecule has 3 heterocycles. The highest BCUT2D eigenvalue weighted by molar-refractivity contribution is 8.06. The van der Waals surface area contributed by atoms with Crippen molar-refractivity contribution in [3.8, 4) is 45.3 Å². The SMILES string of the molecule is C=CCOc1c(O)ccc2c(=O)cc(-c3ccc(C(=O)NCCOCCOCCOCCOCCOCCn4nnc5c4-c4ccccc4N(C(=O)CCC(=O)NCCCCCCOP([O-])(O)=S)Cc4ccccc4-5)cc3)oc12. The molecule has 3 amide bonds. The molecule has 1 atom stereocenters. The van der Waals surface area contributed by atoms with Crippen molar-refractivity contribution in [1.29, 1.82) is 0 Å². The molecule has 0 aliphatic carbocycles. The summed E-state index contributed by atoms with van der Waals surface area (Å²) in [5, 5.41) is 25.4. The van der Waals surface area contributed by atoms with Crippen LogP contribution in [-0.4, -0.2) is 135 Å². The Hall–Kier alpha value is -6.69. The van der Waals surface area contributed by atoms with E-state index in [0.29, 0.717) is 101 Å². The van der Waals surface area contributed by atoms with Crippen molar-refractivity contribution in [3.05, 3.63) is 125 Å².